The van der Waals surface area contributed by atoms with Gasteiger partial charge in [0.1, 0.15) is 22.4 Å². The summed E-state index contributed by atoms with van der Waals surface area (Å²) in [5.41, 5.74) is 2.56. The smallest absolute Gasteiger partial charge is 0.387 e. The monoisotopic (exact) mass is 472 g/mol. The van der Waals surface area contributed by atoms with Crippen molar-refractivity contribution in [2.45, 2.75) is 24.2 Å². The van der Waals surface area contributed by atoms with Crippen molar-refractivity contribution in [2.75, 3.05) is 12.8 Å². The normalized spacial score (nSPS) is 16.7. The van der Waals surface area contributed by atoms with Gasteiger partial charge in [-0.25, -0.2) is 14.4 Å². The Morgan fingerprint density at radius 2 is 2.03 bits per heavy atom. The summed E-state index contributed by atoms with van der Waals surface area (Å²) in [5.74, 6) is 0.291. The zero-order valence-corrected chi connectivity index (χ0v) is 18.3. The molecule has 0 saturated carbocycles. The minimum atomic E-state index is -2.95. The zero-order chi connectivity index (χ0) is 23.1. The topological polar surface area (TPSA) is 69.0 Å². The third-order valence-electron chi connectivity index (χ3n) is 5.62. The largest absolute Gasteiger partial charge is 0.434 e. The van der Waals surface area contributed by atoms with Crippen LogP contribution in [0.1, 0.15) is 17.4 Å². The fourth-order valence-corrected chi connectivity index (χ4v) is 4.65. The van der Waals surface area contributed by atoms with Gasteiger partial charge in [0, 0.05) is 41.8 Å². The number of benzene rings is 2. The maximum absolute atomic E-state index is 15.0. The van der Waals surface area contributed by atoms with Crippen LogP contribution in [0.3, 0.4) is 0 Å². The van der Waals surface area contributed by atoms with E-state index in [1.807, 2.05) is 4.57 Å². The van der Waals surface area contributed by atoms with Gasteiger partial charge in [-0.05, 0) is 24.3 Å². The lowest BCUT2D eigenvalue weighted by Crippen LogP contribution is -2.34. The van der Waals surface area contributed by atoms with Crippen molar-refractivity contribution >= 4 is 21.8 Å². The minimum absolute atomic E-state index is 0.0868. The molecule has 170 valence electrons. The average molecular weight is 472 g/mol. The summed E-state index contributed by atoms with van der Waals surface area (Å²) in [4.78, 5) is 8.73. The molecule has 0 radical (unpaired) electrons. The highest BCUT2D eigenvalue weighted by molar-refractivity contribution is 7.84. The van der Waals surface area contributed by atoms with Crippen LogP contribution in [-0.4, -0.2) is 38.2 Å². The van der Waals surface area contributed by atoms with Crippen molar-refractivity contribution < 1.29 is 22.1 Å². The third-order valence-corrected chi connectivity index (χ3v) is 6.45. The van der Waals surface area contributed by atoms with E-state index in [1.165, 1.54) is 24.6 Å². The lowest BCUT2D eigenvalue weighted by atomic mass is 10.0. The number of rotatable bonds is 5. The van der Waals surface area contributed by atoms with Crippen LogP contribution in [0.2, 0.25) is 0 Å². The summed E-state index contributed by atoms with van der Waals surface area (Å²) < 4.78 is 59.3. The Kier molecular flexibility index (Phi) is 5.63. The number of halogens is 3. The van der Waals surface area contributed by atoms with Crippen LogP contribution >= 0.6 is 0 Å². The van der Waals surface area contributed by atoms with E-state index in [9.17, 15) is 13.0 Å². The highest BCUT2D eigenvalue weighted by Gasteiger charge is 2.28. The number of imidazole rings is 1. The third kappa shape index (κ3) is 4.00. The molecule has 0 saturated heterocycles. The summed E-state index contributed by atoms with van der Waals surface area (Å²) in [6, 6.07) is 12.6. The van der Waals surface area contributed by atoms with Crippen molar-refractivity contribution in [1.29, 1.82) is 0 Å². The quantitative estimate of drug-likeness (QED) is 0.470. The lowest BCUT2D eigenvalue weighted by molar-refractivity contribution is -0.0507. The summed E-state index contributed by atoms with van der Waals surface area (Å²) in [7, 11) is -1.24. The van der Waals surface area contributed by atoms with E-state index in [0.717, 1.165) is 0 Å². The summed E-state index contributed by atoms with van der Waals surface area (Å²) in [6.45, 7) is -2.03. The number of pyridine rings is 1. The molecule has 0 bridgehead atoms. The number of nitrogens with one attached hydrogen (secondary N) is 1. The predicted molar refractivity (Wildman–Crippen MR) is 118 cm³/mol. The molecule has 0 aliphatic carbocycles. The Bertz CT molecular complexity index is 1360. The molecule has 1 unspecified atom stereocenters. The SMILES string of the molecule is CS(=O)c1ccc(-c2cc3c(cc2F)nc2n3[C@H](c3ccccc3OC(F)F)CNC2)cn1. The van der Waals surface area contributed by atoms with Crippen LogP contribution in [0.4, 0.5) is 13.2 Å². The average Bonchev–Trinajstić information content (AvgIpc) is 3.16. The maximum Gasteiger partial charge on any atom is 0.387 e. The van der Waals surface area contributed by atoms with Crippen LogP contribution < -0.4 is 10.1 Å². The van der Waals surface area contributed by atoms with Gasteiger partial charge in [-0.15, -0.1) is 0 Å². The Morgan fingerprint density at radius 1 is 1.21 bits per heavy atom. The van der Waals surface area contributed by atoms with Gasteiger partial charge in [-0.2, -0.15) is 8.78 Å². The van der Waals surface area contributed by atoms with Crippen LogP contribution in [0.15, 0.2) is 59.8 Å². The van der Waals surface area contributed by atoms with Crippen LogP contribution in [0.25, 0.3) is 22.2 Å². The van der Waals surface area contributed by atoms with Crippen LogP contribution in [-0.2, 0) is 17.3 Å². The Labute approximate surface area is 189 Å². The first kappa shape index (κ1) is 21.6. The predicted octanol–water partition coefficient (Wildman–Crippen LogP) is 4.27. The first-order chi connectivity index (χ1) is 15.9. The van der Waals surface area contributed by atoms with Crippen molar-refractivity contribution in [3.8, 4) is 16.9 Å². The van der Waals surface area contributed by atoms with Gasteiger partial charge in [0.15, 0.2) is 0 Å². The highest BCUT2D eigenvalue weighted by Crippen LogP contribution is 2.36. The number of alkyl halides is 2. The van der Waals surface area contributed by atoms with Gasteiger partial charge in [-0.1, -0.05) is 18.2 Å². The van der Waals surface area contributed by atoms with Crippen LogP contribution in [0, 0.1) is 5.82 Å². The van der Waals surface area contributed by atoms with Crippen molar-refractivity contribution in [3.05, 3.63) is 71.9 Å². The van der Waals surface area contributed by atoms with Gasteiger partial charge in [0.25, 0.3) is 0 Å². The molecule has 6 nitrogen and oxygen atoms in total. The fourth-order valence-electron chi connectivity index (χ4n) is 4.19. The van der Waals surface area contributed by atoms with E-state index in [0.29, 0.717) is 51.7 Å². The van der Waals surface area contributed by atoms with Crippen LogP contribution in [0.5, 0.6) is 5.75 Å². The number of aromatic nitrogens is 3. The molecule has 5 rings (SSSR count). The summed E-state index contributed by atoms with van der Waals surface area (Å²) in [5, 5.41) is 3.66. The zero-order valence-electron chi connectivity index (χ0n) is 17.5. The van der Waals surface area contributed by atoms with Gasteiger partial charge in [0.05, 0.1) is 34.4 Å². The second kappa shape index (κ2) is 8.60. The molecular weight excluding hydrogens is 453 g/mol. The number of ether oxygens (including phenoxy) is 1. The molecule has 2 aromatic heterocycles. The molecular formula is C23H19F3N4O2S. The number of para-hydroxylation sites is 1. The molecule has 0 fully saturated rings. The van der Waals surface area contributed by atoms with E-state index < -0.39 is 23.2 Å². The number of fused-ring (bicyclic) bond motifs is 3. The van der Waals surface area contributed by atoms with Crippen molar-refractivity contribution in [2.24, 2.45) is 0 Å². The second-order valence-corrected chi connectivity index (χ2v) is 8.95. The minimum Gasteiger partial charge on any atom is -0.434 e. The number of hydrogen-bond donors (Lipinski definition) is 1. The maximum atomic E-state index is 15.0. The summed E-state index contributed by atoms with van der Waals surface area (Å²) in [6.07, 6.45) is 3.01. The van der Waals surface area contributed by atoms with E-state index in [4.69, 9.17) is 4.74 Å². The highest BCUT2D eigenvalue weighted by atomic mass is 32.2. The van der Waals surface area contributed by atoms with Crippen molar-refractivity contribution in [1.82, 2.24) is 19.9 Å². The molecule has 0 spiro atoms. The number of hydrogen-bond acceptors (Lipinski definition) is 5. The van der Waals surface area contributed by atoms with E-state index in [-0.39, 0.29) is 11.8 Å². The molecule has 2 atom stereocenters. The first-order valence-electron chi connectivity index (χ1n) is 10.2. The fraction of sp³-hybridized carbons (Fsp3) is 0.217. The molecule has 0 amide bonds. The Morgan fingerprint density at radius 3 is 2.76 bits per heavy atom. The summed E-state index contributed by atoms with van der Waals surface area (Å²) >= 11 is 0. The molecule has 1 N–H and O–H groups in total. The van der Waals surface area contributed by atoms with Gasteiger partial charge in [-0.3, -0.25) is 4.21 Å². The van der Waals surface area contributed by atoms with Gasteiger partial charge >= 0.3 is 6.61 Å². The number of nitrogens with zero attached hydrogens (tertiary/aromatic N) is 3. The molecule has 1 aliphatic rings. The van der Waals surface area contributed by atoms with Crippen molar-refractivity contribution in [3.63, 3.8) is 0 Å². The molecule has 2 aromatic carbocycles. The van der Waals surface area contributed by atoms with E-state index in [1.54, 1.807) is 36.4 Å². The van der Waals surface area contributed by atoms with E-state index >= 15 is 4.39 Å². The molecule has 4 aromatic rings. The van der Waals surface area contributed by atoms with Gasteiger partial charge in [0.2, 0.25) is 0 Å². The molecule has 1 aliphatic heterocycles. The lowest BCUT2D eigenvalue weighted by Gasteiger charge is -2.28. The Hall–Kier alpha value is -3.24. The Balaban J connectivity index is 1.65. The second-order valence-electron chi connectivity index (χ2n) is 7.62. The standard InChI is InChI=1S/C23H19F3N4O2S/c1-33(31)22-7-6-13(10-28-22)15-8-18-17(9-16(15)24)29-21-12-27-11-19(30(18)21)14-4-2-3-5-20(14)32-23(25)26/h2-10,19,23,27H,11-12H2,1H3/t19-,33?/m0/s1. The first-order valence-corrected chi connectivity index (χ1v) is 11.7. The van der Waals surface area contributed by atoms with E-state index in [2.05, 4.69) is 15.3 Å². The molecule has 3 heterocycles. The van der Waals surface area contributed by atoms with Gasteiger partial charge < -0.3 is 14.6 Å². The molecule has 33 heavy (non-hydrogen) atoms. The molecule has 10 heteroatoms.